The first kappa shape index (κ1) is 18.9. The number of thiazole rings is 1. The Balaban J connectivity index is 1.99. The molecule has 0 aliphatic carbocycles. The molecule has 25 heavy (non-hydrogen) atoms. The van der Waals surface area contributed by atoms with Crippen LogP contribution < -0.4 is 10.1 Å². The summed E-state index contributed by atoms with van der Waals surface area (Å²) < 4.78 is 5.13. The fraction of sp³-hybridized carbons (Fsp3) is 0.389. The van der Waals surface area contributed by atoms with Gasteiger partial charge in [0.05, 0.1) is 19.2 Å². The molecule has 0 spiro atoms. The molecule has 0 saturated heterocycles. The number of carboxylic acid groups (broad SMARTS) is 1. The first-order valence-electron chi connectivity index (χ1n) is 8.00. The van der Waals surface area contributed by atoms with Crippen LogP contribution in [0, 0.1) is 5.92 Å². The molecule has 7 heteroatoms. The van der Waals surface area contributed by atoms with Crippen molar-refractivity contribution in [1.29, 1.82) is 0 Å². The van der Waals surface area contributed by atoms with E-state index in [1.54, 1.807) is 7.11 Å². The van der Waals surface area contributed by atoms with Gasteiger partial charge in [0.15, 0.2) is 0 Å². The van der Waals surface area contributed by atoms with Crippen molar-refractivity contribution in [1.82, 2.24) is 10.3 Å². The predicted octanol–water partition coefficient (Wildman–Crippen LogP) is 2.98. The van der Waals surface area contributed by atoms with Gasteiger partial charge >= 0.3 is 5.97 Å². The lowest BCUT2D eigenvalue weighted by molar-refractivity contribution is -0.142. The lowest BCUT2D eigenvalue weighted by Crippen LogP contribution is -2.42. The Morgan fingerprint density at radius 1 is 1.28 bits per heavy atom. The smallest absolute Gasteiger partial charge is 0.326 e. The average molecular weight is 362 g/mol. The number of rotatable bonds is 8. The zero-order valence-electron chi connectivity index (χ0n) is 14.5. The third kappa shape index (κ3) is 5.56. The second kappa shape index (κ2) is 8.62. The number of carbonyl (C=O) groups excluding carboxylic acids is 1. The zero-order valence-corrected chi connectivity index (χ0v) is 15.3. The van der Waals surface area contributed by atoms with E-state index < -0.39 is 12.0 Å². The van der Waals surface area contributed by atoms with Gasteiger partial charge in [0, 0.05) is 10.9 Å². The Morgan fingerprint density at radius 3 is 2.52 bits per heavy atom. The van der Waals surface area contributed by atoms with Crippen molar-refractivity contribution in [2.75, 3.05) is 7.11 Å². The van der Waals surface area contributed by atoms with Crippen molar-refractivity contribution in [3.8, 4) is 16.3 Å². The van der Waals surface area contributed by atoms with Crippen LogP contribution in [0.3, 0.4) is 0 Å². The number of nitrogens with zero attached hydrogens (tertiary/aromatic N) is 1. The summed E-state index contributed by atoms with van der Waals surface area (Å²) >= 11 is 1.45. The number of carboxylic acids is 1. The minimum absolute atomic E-state index is 0.0640. The maximum Gasteiger partial charge on any atom is 0.326 e. The van der Waals surface area contributed by atoms with E-state index in [1.807, 2.05) is 43.5 Å². The molecule has 1 aromatic heterocycles. The highest BCUT2D eigenvalue weighted by atomic mass is 32.1. The molecule has 1 amide bonds. The highest BCUT2D eigenvalue weighted by molar-refractivity contribution is 7.13. The molecule has 2 rings (SSSR count). The summed E-state index contributed by atoms with van der Waals surface area (Å²) in [4.78, 5) is 27.8. The highest BCUT2D eigenvalue weighted by Gasteiger charge is 2.21. The molecular formula is C18H22N2O4S. The lowest BCUT2D eigenvalue weighted by atomic mass is 10.0. The molecule has 2 N–H and O–H groups in total. The van der Waals surface area contributed by atoms with Gasteiger partial charge in [0.1, 0.15) is 16.8 Å². The van der Waals surface area contributed by atoms with Crippen LogP contribution >= 0.6 is 11.3 Å². The van der Waals surface area contributed by atoms with Crippen molar-refractivity contribution >= 4 is 23.2 Å². The van der Waals surface area contributed by atoms with Gasteiger partial charge in [-0.05, 0) is 36.6 Å². The number of aliphatic carboxylic acids is 1. The second-order valence-corrected chi connectivity index (χ2v) is 7.00. The van der Waals surface area contributed by atoms with Gasteiger partial charge in [-0.25, -0.2) is 9.78 Å². The van der Waals surface area contributed by atoms with Crippen LogP contribution in [-0.4, -0.2) is 35.1 Å². The Labute approximate surface area is 150 Å². The number of methoxy groups -OCH3 is 1. The summed E-state index contributed by atoms with van der Waals surface area (Å²) in [6, 6.07) is 6.65. The Kier molecular flexibility index (Phi) is 6.52. The number of amides is 1. The van der Waals surface area contributed by atoms with E-state index in [0.29, 0.717) is 12.1 Å². The van der Waals surface area contributed by atoms with Gasteiger partial charge in [-0.2, -0.15) is 0 Å². The summed E-state index contributed by atoms with van der Waals surface area (Å²) in [5.74, 6) is -0.397. The first-order chi connectivity index (χ1) is 11.9. The highest BCUT2D eigenvalue weighted by Crippen LogP contribution is 2.25. The van der Waals surface area contributed by atoms with Crippen molar-refractivity contribution in [3.63, 3.8) is 0 Å². The maximum atomic E-state index is 12.1. The number of carbonyl (C=O) groups is 2. The summed E-state index contributed by atoms with van der Waals surface area (Å²) in [6.07, 6.45) is 0.462. The molecule has 0 aliphatic rings. The van der Waals surface area contributed by atoms with E-state index in [-0.39, 0.29) is 18.2 Å². The van der Waals surface area contributed by atoms with Crippen LogP contribution in [0.5, 0.6) is 5.75 Å². The third-order valence-electron chi connectivity index (χ3n) is 3.57. The maximum absolute atomic E-state index is 12.1. The van der Waals surface area contributed by atoms with Gasteiger partial charge in [0.2, 0.25) is 5.91 Å². The number of hydrogen-bond donors (Lipinski definition) is 2. The molecule has 2 aromatic rings. The van der Waals surface area contributed by atoms with Crippen molar-refractivity contribution in [3.05, 3.63) is 35.3 Å². The monoisotopic (exact) mass is 362 g/mol. The van der Waals surface area contributed by atoms with Crippen LogP contribution in [0.25, 0.3) is 10.6 Å². The Hall–Kier alpha value is -2.41. The number of benzene rings is 1. The fourth-order valence-electron chi connectivity index (χ4n) is 2.36. The van der Waals surface area contributed by atoms with E-state index in [0.717, 1.165) is 16.3 Å². The van der Waals surface area contributed by atoms with Gasteiger partial charge in [0.25, 0.3) is 0 Å². The predicted molar refractivity (Wildman–Crippen MR) is 96.8 cm³/mol. The molecule has 0 saturated carbocycles. The van der Waals surface area contributed by atoms with Crippen LogP contribution in [0.15, 0.2) is 29.6 Å². The summed E-state index contributed by atoms with van der Waals surface area (Å²) in [6.45, 7) is 3.84. The number of ether oxygens (including phenoxy) is 1. The minimum Gasteiger partial charge on any atom is -0.497 e. The first-order valence-corrected chi connectivity index (χ1v) is 8.88. The van der Waals surface area contributed by atoms with Gasteiger partial charge < -0.3 is 15.2 Å². The minimum atomic E-state index is -1.01. The number of aromatic nitrogens is 1. The Bertz CT molecular complexity index is 725. The molecule has 1 unspecified atom stereocenters. The molecule has 6 nitrogen and oxygen atoms in total. The van der Waals surface area contributed by atoms with Crippen molar-refractivity contribution in [2.24, 2.45) is 5.92 Å². The van der Waals surface area contributed by atoms with Crippen molar-refractivity contribution in [2.45, 2.75) is 32.7 Å². The van der Waals surface area contributed by atoms with Crippen LogP contribution in [-0.2, 0) is 16.0 Å². The molecule has 0 aliphatic heterocycles. The largest absolute Gasteiger partial charge is 0.497 e. The normalized spacial score (nSPS) is 12.0. The van der Waals surface area contributed by atoms with E-state index in [9.17, 15) is 14.7 Å². The average Bonchev–Trinajstić information content (AvgIpc) is 3.02. The molecule has 1 aromatic carbocycles. The molecule has 1 heterocycles. The second-order valence-electron chi connectivity index (χ2n) is 6.14. The molecule has 1 atom stereocenters. The van der Waals surface area contributed by atoms with Gasteiger partial charge in [-0.15, -0.1) is 11.3 Å². The zero-order chi connectivity index (χ0) is 18.4. The quantitative estimate of drug-likeness (QED) is 0.754. The van der Waals surface area contributed by atoms with Crippen molar-refractivity contribution < 1.29 is 19.4 Å². The number of hydrogen-bond acceptors (Lipinski definition) is 5. The summed E-state index contributed by atoms with van der Waals surface area (Å²) in [5, 5.41) is 14.4. The molecule has 0 bridgehead atoms. The Morgan fingerprint density at radius 2 is 1.96 bits per heavy atom. The fourth-order valence-corrected chi connectivity index (χ4v) is 3.18. The van der Waals surface area contributed by atoms with E-state index in [2.05, 4.69) is 10.3 Å². The molecule has 0 radical (unpaired) electrons. The summed E-state index contributed by atoms with van der Waals surface area (Å²) in [5.41, 5.74) is 1.57. The molecule has 0 fully saturated rings. The summed E-state index contributed by atoms with van der Waals surface area (Å²) in [7, 11) is 1.61. The van der Waals surface area contributed by atoms with Gasteiger partial charge in [-0.3, -0.25) is 4.79 Å². The SMILES string of the molecule is COc1ccc(-c2nc(CC(=O)NC(CC(C)C)C(=O)O)cs2)cc1. The third-order valence-corrected chi connectivity index (χ3v) is 4.51. The molecule has 134 valence electrons. The topological polar surface area (TPSA) is 88.5 Å². The van der Waals surface area contributed by atoms with Crippen LogP contribution in [0.1, 0.15) is 26.0 Å². The van der Waals surface area contributed by atoms with Gasteiger partial charge in [-0.1, -0.05) is 13.8 Å². The van der Waals surface area contributed by atoms with Crippen LogP contribution in [0.2, 0.25) is 0 Å². The standard InChI is InChI=1S/C18H22N2O4S/c1-11(2)8-15(18(22)23)20-16(21)9-13-10-25-17(19-13)12-4-6-14(24-3)7-5-12/h4-7,10-11,15H,8-9H2,1-3H3,(H,20,21)(H,22,23). The van der Waals surface area contributed by atoms with E-state index >= 15 is 0 Å². The lowest BCUT2D eigenvalue weighted by Gasteiger charge is -2.16. The van der Waals surface area contributed by atoms with Crippen LogP contribution in [0.4, 0.5) is 0 Å². The number of nitrogens with one attached hydrogen (secondary N) is 1. The molecular weight excluding hydrogens is 340 g/mol. The van der Waals surface area contributed by atoms with E-state index in [1.165, 1.54) is 11.3 Å². The van der Waals surface area contributed by atoms with E-state index in [4.69, 9.17) is 4.74 Å².